The Labute approximate surface area is 361 Å². The van der Waals surface area contributed by atoms with Gasteiger partial charge in [-0.3, -0.25) is 14.4 Å². The van der Waals surface area contributed by atoms with Crippen molar-refractivity contribution in [1.29, 1.82) is 0 Å². The second kappa shape index (κ2) is 46.5. The van der Waals surface area contributed by atoms with Crippen molar-refractivity contribution in [1.82, 2.24) is 0 Å². The number of esters is 3. The van der Waals surface area contributed by atoms with Crippen LogP contribution in [0.15, 0.2) is 0 Å². The second-order valence-corrected chi connectivity index (χ2v) is 18.3. The molecule has 0 aromatic heterocycles. The molecule has 58 heavy (non-hydrogen) atoms. The minimum Gasteiger partial charge on any atom is -0.462 e. The van der Waals surface area contributed by atoms with Crippen LogP contribution in [0.2, 0.25) is 0 Å². The Hall–Kier alpha value is -1.59. The van der Waals surface area contributed by atoms with Gasteiger partial charge in [-0.25, -0.2) is 0 Å². The van der Waals surface area contributed by atoms with Gasteiger partial charge in [0.25, 0.3) is 0 Å². The minimum atomic E-state index is -0.759. The van der Waals surface area contributed by atoms with Crippen molar-refractivity contribution < 1.29 is 28.6 Å². The van der Waals surface area contributed by atoms with Crippen LogP contribution in [-0.4, -0.2) is 37.2 Å². The molecule has 0 aromatic carbocycles. The molecule has 0 saturated carbocycles. The fourth-order valence-corrected chi connectivity index (χ4v) is 7.86. The van der Waals surface area contributed by atoms with Gasteiger partial charge < -0.3 is 14.2 Å². The predicted molar refractivity (Wildman–Crippen MR) is 247 cm³/mol. The summed E-state index contributed by atoms with van der Waals surface area (Å²) in [5.41, 5.74) is 0. The summed E-state index contributed by atoms with van der Waals surface area (Å²) in [6, 6.07) is 0. The molecule has 0 aliphatic heterocycles. The van der Waals surface area contributed by atoms with Gasteiger partial charge in [-0.1, -0.05) is 252 Å². The van der Waals surface area contributed by atoms with Gasteiger partial charge in [-0.15, -0.1) is 0 Å². The van der Waals surface area contributed by atoms with Crippen LogP contribution in [0.1, 0.15) is 291 Å². The number of hydrogen-bond donors (Lipinski definition) is 0. The first kappa shape index (κ1) is 56.4. The van der Waals surface area contributed by atoms with Gasteiger partial charge in [0.1, 0.15) is 13.2 Å². The lowest BCUT2D eigenvalue weighted by atomic mass is 10.0. The van der Waals surface area contributed by atoms with Crippen molar-refractivity contribution in [3.8, 4) is 0 Å². The van der Waals surface area contributed by atoms with Crippen molar-refractivity contribution in [2.45, 2.75) is 297 Å². The zero-order valence-corrected chi connectivity index (χ0v) is 39.5. The summed E-state index contributed by atoms with van der Waals surface area (Å²) in [5, 5.41) is 0. The van der Waals surface area contributed by atoms with E-state index in [9.17, 15) is 14.4 Å². The third-order valence-electron chi connectivity index (χ3n) is 11.8. The smallest absolute Gasteiger partial charge is 0.306 e. The van der Waals surface area contributed by atoms with E-state index in [0.29, 0.717) is 19.3 Å². The SMILES string of the molecule is CCCCCCCCCCCCCCCC(=O)O[C@@H](COC(=O)CCCCCCCCCCC)COC(=O)CCCCCCCCCCCCCCCCCC(C)C. The maximum atomic E-state index is 12.7. The Morgan fingerprint density at radius 1 is 0.328 bits per heavy atom. The van der Waals surface area contributed by atoms with Crippen LogP contribution >= 0.6 is 0 Å². The van der Waals surface area contributed by atoms with E-state index >= 15 is 0 Å². The quantitative estimate of drug-likeness (QED) is 0.0346. The molecular formula is C52H100O6. The van der Waals surface area contributed by atoms with Gasteiger partial charge in [0, 0.05) is 19.3 Å². The lowest BCUT2D eigenvalue weighted by Gasteiger charge is -2.18. The molecule has 0 rings (SSSR count). The van der Waals surface area contributed by atoms with Crippen LogP contribution in [0.4, 0.5) is 0 Å². The zero-order valence-electron chi connectivity index (χ0n) is 39.5. The maximum Gasteiger partial charge on any atom is 0.306 e. The van der Waals surface area contributed by atoms with Gasteiger partial charge in [-0.2, -0.15) is 0 Å². The van der Waals surface area contributed by atoms with Crippen molar-refractivity contribution in [2.24, 2.45) is 5.92 Å². The predicted octanol–water partition coefficient (Wildman–Crippen LogP) is 16.7. The van der Waals surface area contributed by atoms with Crippen molar-refractivity contribution in [3.05, 3.63) is 0 Å². The molecule has 344 valence electrons. The van der Waals surface area contributed by atoms with E-state index in [4.69, 9.17) is 14.2 Å². The van der Waals surface area contributed by atoms with Gasteiger partial charge in [-0.05, 0) is 25.2 Å². The molecular weight excluding hydrogens is 721 g/mol. The van der Waals surface area contributed by atoms with Crippen LogP contribution in [0, 0.1) is 5.92 Å². The molecule has 1 atom stereocenters. The van der Waals surface area contributed by atoms with Crippen LogP contribution in [-0.2, 0) is 28.6 Å². The number of unbranched alkanes of at least 4 members (excludes halogenated alkanes) is 34. The molecule has 6 heteroatoms. The van der Waals surface area contributed by atoms with E-state index in [1.165, 1.54) is 186 Å². The monoisotopic (exact) mass is 821 g/mol. The molecule has 0 aliphatic carbocycles. The number of ether oxygens (including phenoxy) is 3. The van der Waals surface area contributed by atoms with E-state index < -0.39 is 6.10 Å². The number of carbonyl (C=O) groups is 3. The lowest BCUT2D eigenvalue weighted by molar-refractivity contribution is -0.167. The van der Waals surface area contributed by atoms with Crippen LogP contribution in [0.5, 0.6) is 0 Å². The summed E-state index contributed by atoms with van der Waals surface area (Å²) in [6.45, 7) is 9.02. The van der Waals surface area contributed by atoms with Crippen molar-refractivity contribution >= 4 is 17.9 Å². The molecule has 0 heterocycles. The molecule has 0 fully saturated rings. The topological polar surface area (TPSA) is 78.9 Å². The lowest BCUT2D eigenvalue weighted by Crippen LogP contribution is -2.30. The van der Waals surface area contributed by atoms with E-state index in [1.807, 2.05) is 0 Å². The Kier molecular flexibility index (Phi) is 45.2. The van der Waals surface area contributed by atoms with Crippen LogP contribution in [0.25, 0.3) is 0 Å². The Morgan fingerprint density at radius 3 is 0.845 bits per heavy atom. The Morgan fingerprint density at radius 2 is 0.569 bits per heavy atom. The summed E-state index contributed by atoms with van der Waals surface area (Å²) in [4.78, 5) is 37.8. The highest BCUT2D eigenvalue weighted by molar-refractivity contribution is 5.71. The summed E-state index contributed by atoms with van der Waals surface area (Å²) < 4.78 is 16.8. The highest BCUT2D eigenvalue weighted by Crippen LogP contribution is 2.17. The zero-order chi connectivity index (χ0) is 42.4. The number of rotatable bonds is 47. The first-order valence-corrected chi connectivity index (χ1v) is 25.9. The van der Waals surface area contributed by atoms with E-state index in [1.54, 1.807) is 0 Å². The van der Waals surface area contributed by atoms with Crippen LogP contribution < -0.4 is 0 Å². The third kappa shape index (κ3) is 45.5. The number of carbonyl (C=O) groups excluding carboxylic acids is 3. The summed E-state index contributed by atoms with van der Waals surface area (Å²) in [7, 11) is 0. The van der Waals surface area contributed by atoms with E-state index in [0.717, 1.165) is 63.7 Å². The minimum absolute atomic E-state index is 0.0627. The van der Waals surface area contributed by atoms with Gasteiger partial charge in [0.2, 0.25) is 0 Å². The molecule has 0 spiro atoms. The standard InChI is InChI=1S/C52H100O6/c1-5-7-9-11-13-15-16-20-25-29-33-37-41-45-52(55)58-49(46-56-50(53)43-39-35-31-26-14-12-10-8-6-2)47-57-51(54)44-40-36-32-28-24-22-19-17-18-21-23-27-30-34-38-42-48(3)4/h48-49H,5-47H2,1-4H3/t49-/m0/s1. The molecule has 0 amide bonds. The fraction of sp³-hybridized carbons (Fsp3) is 0.942. The molecule has 0 saturated heterocycles. The van der Waals surface area contributed by atoms with Gasteiger partial charge in [0.15, 0.2) is 6.10 Å². The molecule has 0 bridgehead atoms. The summed E-state index contributed by atoms with van der Waals surface area (Å²) >= 11 is 0. The normalized spacial score (nSPS) is 11.9. The highest BCUT2D eigenvalue weighted by Gasteiger charge is 2.19. The Bertz CT molecular complexity index is 872. The number of hydrogen-bond acceptors (Lipinski definition) is 6. The molecule has 6 nitrogen and oxygen atoms in total. The first-order chi connectivity index (χ1) is 28.4. The Balaban J connectivity index is 4.23. The fourth-order valence-electron chi connectivity index (χ4n) is 7.86. The molecule has 0 unspecified atom stereocenters. The van der Waals surface area contributed by atoms with Crippen molar-refractivity contribution in [3.63, 3.8) is 0 Å². The molecule has 0 aliphatic rings. The van der Waals surface area contributed by atoms with E-state index in [2.05, 4.69) is 27.7 Å². The summed E-state index contributed by atoms with van der Waals surface area (Å²) in [5.74, 6) is 0.00252. The third-order valence-corrected chi connectivity index (χ3v) is 11.8. The summed E-state index contributed by atoms with van der Waals surface area (Å²) in [6.07, 6.45) is 48.0. The van der Waals surface area contributed by atoms with E-state index in [-0.39, 0.29) is 31.1 Å². The molecule has 0 aromatic rings. The van der Waals surface area contributed by atoms with Gasteiger partial charge >= 0.3 is 17.9 Å². The first-order valence-electron chi connectivity index (χ1n) is 25.9. The molecule has 0 N–H and O–H groups in total. The average Bonchev–Trinajstić information content (AvgIpc) is 3.21. The molecule has 0 radical (unpaired) electrons. The average molecular weight is 821 g/mol. The highest BCUT2D eigenvalue weighted by atomic mass is 16.6. The van der Waals surface area contributed by atoms with Crippen molar-refractivity contribution in [2.75, 3.05) is 13.2 Å². The van der Waals surface area contributed by atoms with Crippen LogP contribution in [0.3, 0.4) is 0 Å². The maximum absolute atomic E-state index is 12.7. The van der Waals surface area contributed by atoms with Gasteiger partial charge in [0.05, 0.1) is 0 Å². The second-order valence-electron chi connectivity index (χ2n) is 18.3. The largest absolute Gasteiger partial charge is 0.462 e.